The summed E-state index contributed by atoms with van der Waals surface area (Å²) >= 11 is 0. The number of rotatable bonds is 25. The van der Waals surface area contributed by atoms with Crippen molar-refractivity contribution >= 4 is 12.1 Å². The molecule has 3 aliphatic heterocycles. The van der Waals surface area contributed by atoms with Crippen LogP contribution in [0.15, 0.2) is 12.2 Å². The van der Waals surface area contributed by atoms with Crippen molar-refractivity contribution in [2.45, 2.75) is 211 Å². The van der Waals surface area contributed by atoms with Gasteiger partial charge in [-0.15, -0.1) is 0 Å². The lowest BCUT2D eigenvalue weighted by Crippen LogP contribution is -2.51. The van der Waals surface area contributed by atoms with Crippen LogP contribution in [0.5, 0.6) is 0 Å². The van der Waals surface area contributed by atoms with Crippen LogP contribution >= 0.6 is 0 Å². The topological polar surface area (TPSA) is 113 Å². The molecule has 3 aliphatic rings. The Morgan fingerprint density at radius 1 is 0.882 bits per heavy atom. The Labute approximate surface area is 309 Å². The zero-order valence-electron chi connectivity index (χ0n) is 33.1. The van der Waals surface area contributed by atoms with Crippen LogP contribution in [0.1, 0.15) is 170 Å². The predicted molar refractivity (Wildman–Crippen MR) is 199 cm³/mol. The number of fused-ring (bicyclic) bond motifs is 2. The van der Waals surface area contributed by atoms with Crippen LogP contribution in [0.2, 0.25) is 0 Å². The Morgan fingerprint density at radius 3 is 2.14 bits per heavy atom. The summed E-state index contributed by atoms with van der Waals surface area (Å²) in [7, 11) is 0. The smallest absolute Gasteiger partial charge is 0.412 e. The van der Waals surface area contributed by atoms with Gasteiger partial charge in [0.15, 0.2) is 5.79 Å². The number of aliphatic hydroxyl groups is 1. The summed E-state index contributed by atoms with van der Waals surface area (Å²) in [6.07, 6.45) is 24.7. The van der Waals surface area contributed by atoms with Crippen molar-refractivity contribution < 1.29 is 43.1 Å². The van der Waals surface area contributed by atoms with E-state index >= 15 is 0 Å². The Morgan fingerprint density at radius 2 is 1.51 bits per heavy atom. The number of aliphatic hydroxyl groups excluding tert-OH is 1. The Balaban J connectivity index is 1.12. The van der Waals surface area contributed by atoms with Crippen LogP contribution < -0.4 is 0 Å². The molecule has 3 saturated heterocycles. The van der Waals surface area contributed by atoms with Crippen LogP contribution in [-0.2, 0) is 33.2 Å². The molecule has 51 heavy (non-hydrogen) atoms. The molecule has 10 heteroatoms. The number of nitrogens with zero attached hydrogens (tertiary/aromatic N) is 1. The summed E-state index contributed by atoms with van der Waals surface area (Å²) in [6.45, 7) is 13.3. The third-order valence-electron chi connectivity index (χ3n) is 10.3. The van der Waals surface area contributed by atoms with Crippen LogP contribution in [0, 0.1) is 0 Å². The van der Waals surface area contributed by atoms with Gasteiger partial charge in [-0.25, -0.2) is 9.59 Å². The van der Waals surface area contributed by atoms with E-state index in [1.165, 1.54) is 76.7 Å². The number of unbranched alkanes of at least 4 members (excludes halogenated alkanes) is 14. The minimum absolute atomic E-state index is 0.0405. The highest BCUT2D eigenvalue weighted by Crippen LogP contribution is 2.44. The SMILES string of the molecule is CCOC(=O)/C=C/CCCC[C@H]1O[C@@]2(CCCCCCCCCCCCCCCOC[C@H]3COC(C)(C)N3C(=O)OC(C)(C)C)CC[C@@H](O)[C@H]1O2. The highest BCUT2D eigenvalue weighted by Gasteiger charge is 2.53. The Hall–Kier alpha value is -1.72. The molecular formula is C41H73NO9. The summed E-state index contributed by atoms with van der Waals surface area (Å²) in [6, 6.07) is -0.123. The van der Waals surface area contributed by atoms with E-state index in [0.29, 0.717) is 26.4 Å². The standard InChI is InChI=1S/C41H73NO9/c1-7-47-36(44)26-22-18-17-21-25-35-37-34(43)27-29-41(49-35,50-37)28-23-19-15-13-11-9-8-10-12-14-16-20-24-30-46-31-33-32-48-40(5,6)42(33)38(45)51-39(2,3)4/h22,26,33-35,37,43H,7-21,23-25,27-32H2,1-6H3/b26-22+/t33-,34+,35+,37+,41+/m0/s1. The van der Waals surface area contributed by atoms with E-state index in [2.05, 4.69) is 0 Å². The second-order valence-corrected chi connectivity index (χ2v) is 16.4. The molecule has 0 radical (unpaired) electrons. The van der Waals surface area contributed by atoms with Gasteiger partial charge in [-0.05, 0) is 80.1 Å². The molecule has 1 amide bonds. The maximum atomic E-state index is 12.8. The van der Waals surface area contributed by atoms with Crippen molar-refractivity contribution in [2.75, 3.05) is 26.4 Å². The van der Waals surface area contributed by atoms with Gasteiger partial charge in [0.1, 0.15) is 17.4 Å². The van der Waals surface area contributed by atoms with E-state index in [1.54, 1.807) is 11.8 Å². The fraction of sp³-hybridized carbons (Fsp3) is 0.902. The van der Waals surface area contributed by atoms with E-state index in [-0.39, 0.29) is 30.3 Å². The molecule has 0 saturated carbocycles. The Bertz CT molecular complexity index is 1030. The predicted octanol–water partition coefficient (Wildman–Crippen LogP) is 9.15. The van der Waals surface area contributed by atoms with Crippen molar-refractivity contribution in [2.24, 2.45) is 0 Å². The van der Waals surface area contributed by atoms with Gasteiger partial charge in [0.25, 0.3) is 0 Å². The van der Waals surface area contributed by atoms with Gasteiger partial charge in [-0.3, -0.25) is 4.90 Å². The summed E-state index contributed by atoms with van der Waals surface area (Å²) in [4.78, 5) is 25.9. The first-order valence-electron chi connectivity index (χ1n) is 20.5. The van der Waals surface area contributed by atoms with E-state index in [0.717, 1.165) is 57.8 Å². The first-order chi connectivity index (χ1) is 24.4. The monoisotopic (exact) mass is 724 g/mol. The molecule has 0 spiro atoms. The molecule has 3 rings (SSSR count). The van der Waals surface area contributed by atoms with E-state index < -0.39 is 23.2 Å². The molecule has 10 nitrogen and oxygen atoms in total. The lowest BCUT2D eigenvalue weighted by atomic mass is 9.94. The van der Waals surface area contributed by atoms with Crippen LogP contribution in [-0.4, -0.2) is 90.0 Å². The molecule has 0 aliphatic carbocycles. The summed E-state index contributed by atoms with van der Waals surface area (Å²) < 4.78 is 35.2. The summed E-state index contributed by atoms with van der Waals surface area (Å²) in [5.41, 5.74) is -1.24. The van der Waals surface area contributed by atoms with Gasteiger partial charge in [0.05, 0.1) is 38.1 Å². The average molecular weight is 724 g/mol. The number of hydrogen-bond acceptors (Lipinski definition) is 9. The number of allylic oxidation sites excluding steroid dienone is 1. The molecule has 0 aromatic rings. The Kier molecular flexibility index (Phi) is 19.3. The van der Waals surface area contributed by atoms with Crippen LogP contribution in [0.3, 0.4) is 0 Å². The largest absolute Gasteiger partial charge is 0.463 e. The van der Waals surface area contributed by atoms with E-state index in [9.17, 15) is 14.7 Å². The fourth-order valence-corrected chi connectivity index (χ4v) is 7.56. The highest BCUT2D eigenvalue weighted by atomic mass is 16.8. The van der Waals surface area contributed by atoms with Crippen LogP contribution in [0.4, 0.5) is 4.79 Å². The lowest BCUT2D eigenvalue weighted by molar-refractivity contribution is -0.214. The molecular weight excluding hydrogens is 650 g/mol. The van der Waals surface area contributed by atoms with Crippen molar-refractivity contribution in [3.05, 3.63) is 12.2 Å². The fourth-order valence-electron chi connectivity index (χ4n) is 7.56. The number of carbonyl (C=O) groups excluding carboxylic acids is 2. The van der Waals surface area contributed by atoms with Crippen LogP contribution in [0.25, 0.3) is 0 Å². The zero-order chi connectivity index (χ0) is 37.2. The second kappa shape index (κ2) is 22.5. The quantitative estimate of drug-likeness (QED) is 0.0560. The molecule has 3 fully saturated rings. The van der Waals surface area contributed by atoms with Gasteiger partial charge >= 0.3 is 12.1 Å². The van der Waals surface area contributed by atoms with Crippen molar-refractivity contribution in [1.82, 2.24) is 4.90 Å². The van der Waals surface area contributed by atoms with Crippen molar-refractivity contribution in [1.29, 1.82) is 0 Å². The molecule has 5 atom stereocenters. The summed E-state index contributed by atoms with van der Waals surface area (Å²) in [5.74, 6) is -0.784. The van der Waals surface area contributed by atoms with Gasteiger partial charge in [0.2, 0.25) is 0 Å². The number of esters is 1. The number of ether oxygens (including phenoxy) is 6. The number of hydrogen-bond donors (Lipinski definition) is 1. The molecule has 3 heterocycles. The normalized spacial score (nSPS) is 25.9. The van der Waals surface area contributed by atoms with Gasteiger partial charge < -0.3 is 33.5 Å². The zero-order valence-corrected chi connectivity index (χ0v) is 33.1. The molecule has 2 bridgehead atoms. The second-order valence-electron chi connectivity index (χ2n) is 16.4. The van der Waals surface area contributed by atoms with E-state index in [4.69, 9.17) is 28.4 Å². The van der Waals surface area contributed by atoms with Crippen molar-refractivity contribution in [3.8, 4) is 0 Å². The van der Waals surface area contributed by atoms with Crippen molar-refractivity contribution in [3.63, 3.8) is 0 Å². The average Bonchev–Trinajstić information content (AvgIpc) is 3.54. The molecule has 0 aromatic carbocycles. The first kappa shape index (κ1) is 43.7. The first-order valence-corrected chi connectivity index (χ1v) is 20.5. The molecule has 296 valence electrons. The van der Waals surface area contributed by atoms with Gasteiger partial charge in [-0.2, -0.15) is 0 Å². The minimum atomic E-state index is -0.691. The molecule has 1 N–H and O–H groups in total. The highest BCUT2D eigenvalue weighted by molar-refractivity contribution is 5.81. The maximum Gasteiger partial charge on any atom is 0.412 e. The maximum absolute atomic E-state index is 12.8. The minimum Gasteiger partial charge on any atom is -0.463 e. The summed E-state index contributed by atoms with van der Waals surface area (Å²) in [5, 5.41) is 10.5. The third-order valence-corrected chi connectivity index (χ3v) is 10.3. The van der Waals surface area contributed by atoms with E-state index in [1.807, 2.05) is 40.7 Å². The third kappa shape index (κ3) is 16.0. The van der Waals surface area contributed by atoms with Gasteiger partial charge in [-0.1, -0.05) is 83.1 Å². The van der Waals surface area contributed by atoms with Gasteiger partial charge in [0, 0.05) is 25.5 Å². The number of carbonyl (C=O) groups is 2. The molecule has 0 unspecified atom stereocenters. The molecule has 0 aromatic heterocycles. The lowest BCUT2D eigenvalue weighted by Gasteiger charge is -2.35. The number of amides is 1.